The zero-order valence-corrected chi connectivity index (χ0v) is 9.76. The van der Waals surface area contributed by atoms with Gasteiger partial charge < -0.3 is 5.09 Å². The summed E-state index contributed by atoms with van der Waals surface area (Å²) in [5.41, 5.74) is 1.28. The van der Waals surface area contributed by atoms with Crippen LogP contribution in [0.5, 0.6) is 0 Å². The van der Waals surface area contributed by atoms with Crippen molar-refractivity contribution in [3.05, 3.63) is 54.6 Å². The van der Waals surface area contributed by atoms with Gasteiger partial charge in [0.15, 0.2) is 0 Å². The van der Waals surface area contributed by atoms with Crippen molar-refractivity contribution in [1.29, 1.82) is 0 Å². The molecule has 0 saturated carbocycles. The minimum Gasteiger partial charge on any atom is -0.351 e. The summed E-state index contributed by atoms with van der Waals surface area (Å²) in [5, 5.41) is 4.98. The van der Waals surface area contributed by atoms with Gasteiger partial charge in [0.1, 0.15) is 0 Å². The Morgan fingerprint density at radius 1 is 0.867 bits per heavy atom. The van der Waals surface area contributed by atoms with Crippen molar-refractivity contribution < 1.29 is 0 Å². The highest BCUT2D eigenvalue weighted by molar-refractivity contribution is 8.58. The second-order valence-corrected chi connectivity index (χ2v) is 6.92. The lowest BCUT2D eigenvalue weighted by atomic mass is 10.3. The molecule has 0 bridgehead atoms. The van der Waals surface area contributed by atoms with Crippen LogP contribution >= 0.6 is 18.7 Å². The normalized spacial score (nSPS) is 18.3. The summed E-state index contributed by atoms with van der Waals surface area (Å²) in [5.74, 6) is 0. The molecule has 2 aromatic carbocycles. The number of nitrogens with one attached hydrogen (secondary N) is 1. The van der Waals surface area contributed by atoms with Crippen LogP contribution in [0.4, 0.5) is 5.69 Å². The molecule has 0 radical (unpaired) electrons. The molecule has 0 spiro atoms. The standard InChI is InChI=1S/C12H10NPS/c1-2-6-10(7-3-1)14-13-11-8-4-5-9-12(11)15-14/h1-9,13H. The second-order valence-electron chi connectivity index (χ2n) is 3.33. The van der Waals surface area contributed by atoms with Gasteiger partial charge in [-0.1, -0.05) is 53.8 Å². The number of fused-ring (bicyclic) bond motifs is 1. The quantitative estimate of drug-likeness (QED) is 0.748. The Hall–Kier alpha value is -0.980. The average molecular weight is 231 g/mol. The Morgan fingerprint density at radius 2 is 1.60 bits per heavy atom. The van der Waals surface area contributed by atoms with Gasteiger partial charge in [-0.2, -0.15) is 0 Å². The molecule has 1 aliphatic rings. The third kappa shape index (κ3) is 1.75. The van der Waals surface area contributed by atoms with Crippen LogP contribution in [0.2, 0.25) is 0 Å². The van der Waals surface area contributed by atoms with E-state index in [1.807, 2.05) is 11.4 Å². The van der Waals surface area contributed by atoms with Gasteiger partial charge in [-0.15, -0.1) is 0 Å². The average Bonchev–Trinajstić information content (AvgIpc) is 2.74. The van der Waals surface area contributed by atoms with E-state index < -0.39 is 0 Å². The topological polar surface area (TPSA) is 12.0 Å². The van der Waals surface area contributed by atoms with Crippen LogP contribution in [0.15, 0.2) is 59.5 Å². The van der Waals surface area contributed by atoms with Crippen LogP contribution in [0.1, 0.15) is 0 Å². The molecule has 0 fully saturated rings. The minimum absolute atomic E-state index is 0.300. The van der Waals surface area contributed by atoms with Crippen molar-refractivity contribution in [1.82, 2.24) is 0 Å². The fourth-order valence-electron chi connectivity index (χ4n) is 1.55. The predicted molar refractivity (Wildman–Crippen MR) is 68.9 cm³/mol. The summed E-state index contributed by atoms with van der Waals surface area (Å²) in [6, 6.07) is 19.1. The molecule has 2 aromatic rings. The van der Waals surface area contributed by atoms with Crippen LogP contribution in [0.3, 0.4) is 0 Å². The highest BCUT2D eigenvalue weighted by Gasteiger charge is 2.21. The molecule has 1 atom stereocenters. The summed E-state index contributed by atoms with van der Waals surface area (Å²) >= 11 is 1.94. The maximum absolute atomic E-state index is 3.58. The summed E-state index contributed by atoms with van der Waals surface area (Å²) < 4.78 is 0. The van der Waals surface area contributed by atoms with Crippen LogP contribution in [0.25, 0.3) is 0 Å². The van der Waals surface area contributed by atoms with Gasteiger partial charge in [0, 0.05) is 10.2 Å². The highest BCUT2D eigenvalue weighted by Crippen LogP contribution is 2.60. The van der Waals surface area contributed by atoms with Crippen LogP contribution in [-0.2, 0) is 0 Å². The monoisotopic (exact) mass is 231 g/mol. The van der Waals surface area contributed by atoms with Gasteiger partial charge in [0.2, 0.25) is 0 Å². The molecule has 0 aromatic heterocycles. The van der Waals surface area contributed by atoms with Crippen molar-refractivity contribution in [2.24, 2.45) is 0 Å². The SMILES string of the molecule is c1ccc(P2Nc3ccccc3S2)cc1. The molecule has 0 aliphatic carbocycles. The first kappa shape index (κ1) is 9.26. The van der Waals surface area contributed by atoms with E-state index in [1.165, 1.54) is 15.9 Å². The molecule has 1 nitrogen and oxygen atoms in total. The molecule has 3 rings (SSSR count). The van der Waals surface area contributed by atoms with Crippen molar-refractivity contribution in [3.63, 3.8) is 0 Å². The zero-order chi connectivity index (χ0) is 10.1. The van der Waals surface area contributed by atoms with Crippen molar-refractivity contribution in [2.75, 3.05) is 5.09 Å². The van der Waals surface area contributed by atoms with E-state index in [1.54, 1.807) is 0 Å². The van der Waals surface area contributed by atoms with Gasteiger partial charge in [-0.3, -0.25) is 0 Å². The Bertz CT molecular complexity index is 447. The maximum atomic E-state index is 3.58. The molecule has 1 heterocycles. The van der Waals surface area contributed by atoms with E-state index in [0.29, 0.717) is 0 Å². The van der Waals surface area contributed by atoms with Crippen molar-refractivity contribution in [3.8, 4) is 0 Å². The smallest absolute Gasteiger partial charge is 0.0871 e. The van der Waals surface area contributed by atoms with Crippen molar-refractivity contribution in [2.45, 2.75) is 4.90 Å². The summed E-state index contributed by atoms with van der Waals surface area (Å²) in [6.07, 6.45) is 0. The number of hydrogen-bond acceptors (Lipinski definition) is 2. The van der Waals surface area contributed by atoms with E-state index in [4.69, 9.17) is 0 Å². The number of anilines is 1. The molecule has 1 unspecified atom stereocenters. The van der Waals surface area contributed by atoms with E-state index >= 15 is 0 Å². The summed E-state index contributed by atoms with van der Waals surface area (Å²) in [7, 11) is -0.300. The van der Waals surface area contributed by atoms with Gasteiger partial charge in [0.05, 0.1) is 13.0 Å². The van der Waals surface area contributed by atoms with Gasteiger partial charge in [0.25, 0.3) is 0 Å². The zero-order valence-electron chi connectivity index (χ0n) is 8.05. The maximum Gasteiger partial charge on any atom is 0.0871 e. The van der Waals surface area contributed by atoms with E-state index in [0.717, 1.165) is 0 Å². The van der Waals surface area contributed by atoms with Crippen molar-refractivity contribution >= 4 is 29.6 Å². The molecule has 3 heteroatoms. The lowest BCUT2D eigenvalue weighted by Crippen LogP contribution is -2.00. The molecular weight excluding hydrogens is 221 g/mol. The fraction of sp³-hybridized carbons (Fsp3) is 0. The number of benzene rings is 2. The third-order valence-electron chi connectivity index (χ3n) is 2.29. The predicted octanol–water partition coefficient (Wildman–Crippen LogP) is 3.84. The lowest BCUT2D eigenvalue weighted by Gasteiger charge is -2.09. The Balaban J connectivity index is 1.91. The second kappa shape index (κ2) is 3.88. The van der Waals surface area contributed by atoms with Crippen LogP contribution in [0, 0.1) is 0 Å². The van der Waals surface area contributed by atoms with Crippen LogP contribution < -0.4 is 10.4 Å². The Morgan fingerprint density at radius 3 is 2.40 bits per heavy atom. The molecule has 15 heavy (non-hydrogen) atoms. The number of para-hydroxylation sites is 1. The molecule has 1 aliphatic heterocycles. The largest absolute Gasteiger partial charge is 0.351 e. The first-order valence-corrected chi connectivity index (χ1v) is 7.59. The first-order valence-electron chi connectivity index (χ1n) is 4.82. The molecular formula is C12H10NPS. The summed E-state index contributed by atoms with van der Waals surface area (Å²) in [4.78, 5) is 1.37. The fourth-order valence-corrected chi connectivity index (χ4v) is 5.50. The molecule has 0 amide bonds. The number of hydrogen-bond donors (Lipinski definition) is 1. The van der Waals surface area contributed by atoms with Gasteiger partial charge in [-0.05, 0) is 12.1 Å². The molecule has 1 N–H and O–H groups in total. The van der Waals surface area contributed by atoms with E-state index in [9.17, 15) is 0 Å². The lowest BCUT2D eigenvalue weighted by molar-refractivity contribution is 1.48. The minimum atomic E-state index is -0.300. The third-order valence-corrected chi connectivity index (χ3v) is 6.28. The summed E-state index contributed by atoms with van der Waals surface area (Å²) in [6.45, 7) is 0. The molecule has 0 saturated heterocycles. The highest BCUT2D eigenvalue weighted by atomic mass is 32.7. The Kier molecular flexibility index (Phi) is 2.40. The Labute approximate surface area is 94.5 Å². The van der Waals surface area contributed by atoms with E-state index in [2.05, 4.69) is 59.7 Å². The van der Waals surface area contributed by atoms with Gasteiger partial charge >= 0.3 is 0 Å². The van der Waals surface area contributed by atoms with Gasteiger partial charge in [-0.25, -0.2) is 0 Å². The number of rotatable bonds is 1. The molecule has 74 valence electrons. The van der Waals surface area contributed by atoms with Crippen LogP contribution in [-0.4, -0.2) is 0 Å². The van der Waals surface area contributed by atoms with E-state index in [-0.39, 0.29) is 7.27 Å². The first-order chi connectivity index (χ1) is 7.43.